The zero-order chi connectivity index (χ0) is 18.1. The van der Waals surface area contributed by atoms with E-state index in [2.05, 4.69) is 73.9 Å². The van der Waals surface area contributed by atoms with Gasteiger partial charge >= 0.3 is 0 Å². The molecule has 1 aliphatic heterocycles. The van der Waals surface area contributed by atoms with E-state index in [-0.39, 0.29) is 5.41 Å². The number of guanidine groups is 1. The molecule has 4 heteroatoms. The molecule has 0 radical (unpaired) electrons. The van der Waals surface area contributed by atoms with Crippen LogP contribution in [0.15, 0.2) is 47.5 Å². The van der Waals surface area contributed by atoms with Gasteiger partial charge < -0.3 is 15.4 Å². The average Bonchev–Trinajstić information content (AvgIpc) is 3.11. The fourth-order valence-electron chi connectivity index (χ4n) is 4.68. The molecule has 2 N–H and O–H groups in total. The Kier molecular flexibility index (Phi) is 4.62. The third-order valence-corrected chi connectivity index (χ3v) is 6.02. The minimum Gasteiger partial charge on any atom is -0.377 e. The van der Waals surface area contributed by atoms with Gasteiger partial charge in [-0.1, -0.05) is 56.3 Å². The van der Waals surface area contributed by atoms with E-state index in [0.29, 0.717) is 24.6 Å². The molecule has 3 unspecified atom stereocenters. The maximum Gasteiger partial charge on any atom is 0.191 e. The molecule has 2 aromatic rings. The van der Waals surface area contributed by atoms with Crippen LogP contribution in [-0.4, -0.2) is 31.3 Å². The highest BCUT2D eigenvalue weighted by molar-refractivity contribution is 5.86. The fraction of sp³-hybridized carbons (Fsp3) is 0.500. The number of benzene rings is 2. The Balaban J connectivity index is 1.53. The molecule has 0 aromatic heterocycles. The van der Waals surface area contributed by atoms with Crippen LogP contribution in [0.2, 0.25) is 0 Å². The average molecular weight is 351 g/mol. The summed E-state index contributed by atoms with van der Waals surface area (Å²) in [5.41, 5.74) is 1.41. The zero-order valence-electron chi connectivity index (χ0n) is 16.0. The van der Waals surface area contributed by atoms with Gasteiger partial charge in [-0.2, -0.15) is 0 Å². The summed E-state index contributed by atoms with van der Waals surface area (Å²) in [6.07, 6.45) is 1.54. The second-order valence-electron chi connectivity index (χ2n) is 8.02. The van der Waals surface area contributed by atoms with Gasteiger partial charge in [0.15, 0.2) is 5.96 Å². The van der Waals surface area contributed by atoms with Gasteiger partial charge in [-0.25, -0.2) is 4.99 Å². The molecule has 4 nitrogen and oxygen atoms in total. The molecule has 0 bridgehead atoms. The Morgan fingerprint density at radius 1 is 1.19 bits per heavy atom. The van der Waals surface area contributed by atoms with E-state index in [1.54, 1.807) is 0 Å². The highest BCUT2D eigenvalue weighted by Gasteiger charge is 2.59. The lowest BCUT2D eigenvalue weighted by Gasteiger charge is -2.54. The predicted molar refractivity (Wildman–Crippen MR) is 107 cm³/mol. The lowest BCUT2D eigenvalue weighted by molar-refractivity contribution is -0.106. The summed E-state index contributed by atoms with van der Waals surface area (Å²) < 4.78 is 5.92. The Labute approximate surface area is 156 Å². The third-order valence-electron chi connectivity index (χ3n) is 6.02. The monoisotopic (exact) mass is 351 g/mol. The van der Waals surface area contributed by atoms with Crippen molar-refractivity contribution < 1.29 is 4.74 Å². The first-order valence-electron chi connectivity index (χ1n) is 9.74. The van der Waals surface area contributed by atoms with E-state index >= 15 is 0 Å². The molecule has 138 valence electrons. The number of hydrogen-bond donors (Lipinski definition) is 2. The molecule has 1 heterocycles. The second kappa shape index (κ2) is 6.92. The van der Waals surface area contributed by atoms with Crippen molar-refractivity contribution in [3.63, 3.8) is 0 Å². The van der Waals surface area contributed by atoms with Crippen LogP contribution in [0.3, 0.4) is 0 Å². The molecule has 1 aliphatic carbocycles. The van der Waals surface area contributed by atoms with Gasteiger partial charge in [-0.05, 0) is 29.7 Å². The Morgan fingerprint density at radius 2 is 2.00 bits per heavy atom. The SMILES string of the molecule is CCNC(=NCc1cccc2ccccc12)NC1C2CCOC2C1(C)C. The van der Waals surface area contributed by atoms with Gasteiger partial charge in [-0.3, -0.25) is 0 Å². The molecular formula is C22H29N3O. The first kappa shape index (κ1) is 17.3. The topological polar surface area (TPSA) is 45.7 Å². The molecule has 2 aromatic carbocycles. The van der Waals surface area contributed by atoms with E-state index < -0.39 is 0 Å². The van der Waals surface area contributed by atoms with Crippen molar-refractivity contribution in [2.75, 3.05) is 13.2 Å². The van der Waals surface area contributed by atoms with E-state index in [9.17, 15) is 0 Å². The molecule has 2 aliphatic rings. The van der Waals surface area contributed by atoms with Crippen LogP contribution < -0.4 is 10.6 Å². The largest absolute Gasteiger partial charge is 0.377 e. The summed E-state index contributed by atoms with van der Waals surface area (Å²) in [4.78, 5) is 4.89. The molecular weight excluding hydrogens is 322 g/mol. The molecule has 0 amide bonds. The number of ether oxygens (including phenoxy) is 1. The van der Waals surface area contributed by atoms with Gasteiger partial charge in [0, 0.05) is 30.5 Å². The van der Waals surface area contributed by atoms with Gasteiger partial charge in [0.2, 0.25) is 0 Å². The zero-order valence-corrected chi connectivity index (χ0v) is 16.0. The predicted octanol–water partition coefficient (Wildman–Crippen LogP) is 3.71. The van der Waals surface area contributed by atoms with Crippen molar-refractivity contribution in [2.45, 2.75) is 45.9 Å². The maximum absolute atomic E-state index is 5.92. The minimum atomic E-state index is 0.150. The highest BCUT2D eigenvalue weighted by Crippen LogP contribution is 2.52. The van der Waals surface area contributed by atoms with E-state index in [1.165, 1.54) is 16.3 Å². The molecule has 2 fully saturated rings. The summed E-state index contributed by atoms with van der Waals surface area (Å²) in [5.74, 6) is 1.51. The number of nitrogens with one attached hydrogen (secondary N) is 2. The summed E-state index contributed by atoms with van der Waals surface area (Å²) >= 11 is 0. The van der Waals surface area contributed by atoms with Crippen LogP contribution in [-0.2, 0) is 11.3 Å². The second-order valence-corrected chi connectivity index (χ2v) is 8.02. The van der Waals surface area contributed by atoms with E-state index in [1.807, 2.05) is 0 Å². The quantitative estimate of drug-likeness (QED) is 0.652. The molecule has 4 rings (SSSR count). The van der Waals surface area contributed by atoms with Crippen LogP contribution in [0, 0.1) is 11.3 Å². The van der Waals surface area contributed by atoms with Crippen LogP contribution in [0.4, 0.5) is 0 Å². The van der Waals surface area contributed by atoms with Crippen molar-refractivity contribution in [1.82, 2.24) is 10.6 Å². The lowest BCUT2D eigenvalue weighted by Crippen LogP contribution is -2.67. The first-order valence-corrected chi connectivity index (χ1v) is 9.74. The Bertz CT molecular complexity index is 809. The van der Waals surface area contributed by atoms with Crippen LogP contribution >= 0.6 is 0 Å². The van der Waals surface area contributed by atoms with Gasteiger partial charge in [-0.15, -0.1) is 0 Å². The number of hydrogen-bond acceptors (Lipinski definition) is 2. The van der Waals surface area contributed by atoms with Crippen molar-refractivity contribution in [1.29, 1.82) is 0 Å². The first-order chi connectivity index (χ1) is 12.6. The Morgan fingerprint density at radius 3 is 2.85 bits per heavy atom. The summed E-state index contributed by atoms with van der Waals surface area (Å²) in [7, 11) is 0. The van der Waals surface area contributed by atoms with Crippen molar-refractivity contribution in [3.05, 3.63) is 48.0 Å². The van der Waals surface area contributed by atoms with E-state index in [0.717, 1.165) is 25.5 Å². The van der Waals surface area contributed by atoms with Crippen LogP contribution in [0.1, 0.15) is 32.8 Å². The fourth-order valence-corrected chi connectivity index (χ4v) is 4.68. The minimum absolute atomic E-state index is 0.150. The molecule has 1 saturated carbocycles. The van der Waals surface area contributed by atoms with Gasteiger partial charge in [0.1, 0.15) is 0 Å². The molecule has 26 heavy (non-hydrogen) atoms. The smallest absolute Gasteiger partial charge is 0.191 e. The standard InChI is InChI=1S/C22H29N3O/c1-4-23-21(25-19-18-12-13-26-20(18)22(19,2)3)24-14-16-10-7-9-15-8-5-6-11-17(15)16/h5-11,18-20H,4,12-14H2,1-3H3,(H2,23,24,25). The third kappa shape index (κ3) is 2.96. The number of aliphatic imine (C=N–C) groups is 1. The summed E-state index contributed by atoms with van der Waals surface area (Å²) in [5, 5.41) is 9.66. The van der Waals surface area contributed by atoms with Crippen molar-refractivity contribution >= 4 is 16.7 Å². The molecule has 0 spiro atoms. The lowest BCUT2D eigenvalue weighted by atomic mass is 9.57. The van der Waals surface area contributed by atoms with Crippen molar-refractivity contribution in [3.8, 4) is 0 Å². The number of nitrogens with zero attached hydrogens (tertiary/aromatic N) is 1. The summed E-state index contributed by atoms with van der Waals surface area (Å²) in [6.45, 7) is 9.13. The Hall–Kier alpha value is -2.07. The van der Waals surface area contributed by atoms with Crippen LogP contribution in [0.25, 0.3) is 10.8 Å². The van der Waals surface area contributed by atoms with Crippen molar-refractivity contribution in [2.24, 2.45) is 16.3 Å². The van der Waals surface area contributed by atoms with Crippen LogP contribution in [0.5, 0.6) is 0 Å². The number of fused-ring (bicyclic) bond motifs is 2. The number of rotatable bonds is 4. The van der Waals surface area contributed by atoms with Gasteiger partial charge in [0.25, 0.3) is 0 Å². The maximum atomic E-state index is 5.92. The normalized spacial score (nSPS) is 27.0. The molecule has 3 atom stereocenters. The highest BCUT2D eigenvalue weighted by atomic mass is 16.5. The van der Waals surface area contributed by atoms with E-state index in [4.69, 9.17) is 9.73 Å². The summed E-state index contributed by atoms with van der Waals surface area (Å²) in [6, 6.07) is 15.4. The van der Waals surface area contributed by atoms with Gasteiger partial charge in [0.05, 0.1) is 12.6 Å². The molecule has 1 saturated heterocycles.